The van der Waals surface area contributed by atoms with Crippen LogP contribution in [0.25, 0.3) is 0 Å². The highest BCUT2D eigenvalue weighted by molar-refractivity contribution is 7.89. The first-order valence-corrected chi connectivity index (χ1v) is 7.46. The predicted octanol–water partition coefficient (Wildman–Crippen LogP) is 1.62. The van der Waals surface area contributed by atoms with E-state index in [1.165, 1.54) is 16.8 Å². The van der Waals surface area contributed by atoms with Gasteiger partial charge in [-0.15, -0.1) is 0 Å². The van der Waals surface area contributed by atoms with Crippen LogP contribution in [0.2, 0.25) is 0 Å². The van der Waals surface area contributed by atoms with Crippen molar-refractivity contribution in [1.82, 2.24) is 9.29 Å². The number of aliphatic hydroxyl groups is 1. The molecule has 0 aliphatic heterocycles. The fourth-order valence-electron chi connectivity index (χ4n) is 1.82. The first-order valence-electron chi connectivity index (χ1n) is 5.98. The van der Waals surface area contributed by atoms with Gasteiger partial charge in [-0.1, -0.05) is 0 Å². The summed E-state index contributed by atoms with van der Waals surface area (Å²) in [6.45, 7) is 3.01. The van der Waals surface area contributed by atoms with Crippen molar-refractivity contribution < 1.29 is 26.7 Å². The topological polar surface area (TPSA) is 71.3 Å². The van der Waals surface area contributed by atoms with Gasteiger partial charge >= 0.3 is 6.18 Å². The monoisotopic (exact) mass is 314 g/mol. The van der Waals surface area contributed by atoms with Gasteiger partial charge < -0.3 is 9.67 Å². The highest BCUT2D eigenvalue weighted by Gasteiger charge is 2.32. The van der Waals surface area contributed by atoms with Gasteiger partial charge in [0.25, 0.3) is 0 Å². The molecule has 20 heavy (non-hydrogen) atoms. The lowest BCUT2D eigenvalue weighted by atomic mass is 10.2. The second-order valence-electron chi connectivity index (χ2n) is 4.45. The van der Waals surface area contributed by atoms with Crippen molar-refractivity contribution in [3.63, 3.8) is 0 Å². The number of nitrogens with zero attached hydrogens (tertiary/aromatic N) is 1. The van der Waals surface area contributed by atoms with E-state index in [1.807, 2.05) is 4.72 Å². The van der Waals surface area contributed by atoms with E-state index in [0.29, 0.717) is 12.2 Å². The van der Waals surface area contributed by atoms with Gasteiger partial charge in [-0.2, -0.15) is 13.2 Å². The van der Waals surface area contributed by atoms with Gasteiger partial charge in [-0.3, -0.25) is 0 Å². The number of aryl methyl sites for hydroxylation is 1. The second-order valence-corrected chi connectivity index (χ2v) is 6.17. The van der Waals surface area contributed by atoms with Gasteiger partial charge in [0.15, 0.2) is 0 Å². The number of rotatable bonds is 6. The molecule has 1 rings (SSSR count). The quantitative estimate of drug-likeness (QED) is 0.838. The summed E-state index contributed by atoms with van der Waals surface area (Å²) in [7, 11) is -4.04. The Balaban J connectivity index is 2.91. The van der Waals surface area contributed by atoms with Gasteiger partial charge in [0, 0.05) is 24.5 Å². The van der Waals surface area contributed by atoms with Crippen LogP contribution in [0, 0.1) is 0 Å². The molecule has 1 unspecified atom stereocenters. The fraction of sp³-hybridized carbons (Fsp3) is 0.636. The molecular weight excluding hydrogens is 297 g/mol. The molecule has 0 aromatic carbocycles. The van der Waals surface area contributed by atoms with Gasteiger partial charge in [0.1, 0.15) is 0 Å². The zero-order valence-electron chi connectivity index (χ0n) is 11.1. The van der Waals surface area contributed by atoms with E-state index in [1.54, 1.807) is 6.92 Å². The van der Waals surface area contributed by atoms with Crippen LogP contribution >= 0.6 is 0 Å². The summed E-state index contributed by atoms with van der Waals surface area (Å²) in [6.07, 6.45) is -4.39. The maximum Gasteiger partial charge on any atom is 0.390 e. The summed E-state index contributed by atoms with van der Waals surface area (Å²) < 4.78 is 64.0. The van der Waals surface area contributed by atoms with Crippen molar-refractivity contribution in [3.8, 4) is 0 Å². The summed E-state index contributed by atoms with van der Waals surface area (Å²) in [4.78, 5) is -0.155. The van der Waals surface area contributed by atoms with E-state index in [2.05, 4.69) is 0 Å². The van der Waals surface area contributed by atoms with Crippen molar-refractivity contribution in [2.24, 2.45) is 0 Å². The first kappa shape index (κ1) is 17.0. The average Bonchev–Trinajstić information content (AvgIpc) is 2.68. The molecule has 1 aromatic rings. The molecule has 0 spiro atoms. The number of hydrogen-bond acceptors (Lipinski definition) is 3. The first-order chi connectivity index (χ1) is 9.09. The van der Waals surface area contributed by atoms with Crippen LogP contribution in [-0.2, 0) is 23.2 Å². The molecule has 0 amide bonds. The minimum Gasteiger partial charge on any atom is -0.390 e. The zero-order chi connectivity index (χ0) is 15.6. The molecule has 0 fully saturated rings. The molecule has 0 bridgehead atoms. The third-order valence-electron chi connectivity index (χ3n) is 2.67. The Bertz CT molecular complexity index is 530. The van der Waals surface area contributed by atoms with Gasteiger partial charge in [0.05, 0.1) is 17.9 Å². The molecule has 2 N–H and O–H groups in total. The van der Waals surface area contributed by atoms with Crippen LogP contribution in [0.4, 0.5) is 13.2 Å². The molecule has 5 nitrogen and oxygen atoms in total. The number of nitrogens with one attached hydrogen (secondary N) is 1. The molecule has 0 saturated heterocycles. The Morgan fingerprint density at radius 1 is 1.45 bits per heavy atom. The second kappa shape index (κ2) is 6.15. The van der Waals surface area contributed by atoms with Crippen molar-refractivity contribution in [2.75, 3.05) is 0 Å². The van der Waals surface area contributed by atoms with Crippen molar-refractivity contribution in [2.45, 2.75) is 50.5 Å². The van der Waals surface area contributed by atoms with Gasteiger partial charge in [0.2, 0.25) is 10.0 Å². The highest BCUT2D eigenvalue weighted by atomic mass is 32.2. The number of aliphatic hydroxyl groups excluding tert-OH is 1. The third kappa shape index (κ3) is 4.50. The lowest BCUT2D eigenvalue weighted by Crippen LogP contribution is -2.35. The van der Waals surface area contributed by atoms with Crippen molar-refractivity contribution in [1.29, 1.82) is 0 Å². The van der Waals surface area contributed by atoms with Crippen molar-refractivity contribution in [3.05, 3.63) is 18.0 Å². The molecule has 1 aromatic heterocycles. The SMILES string of the molecule is CCn1cc(S(=O)(=O)NC(C)CC(F)(F)F)cc1CO. The molecule has 116 valence electrons. The fourth-order valence-corrected chi connectivity index (χ4v) is 3.13. The van der Waals surface area contributed by atoms with Crippen LogP contribution in [0.5, 0.6) is 0 Å². The summed E-state index contributed by atoms with van der Waals surface area (Å²) in [5, 5.41) is 9.08. The Labute approximate surface area is 115 Å². The molecule has 0 aliphatic rings. The van der Waals surface area contributed by atoms with Gasteiger partial charge in [-0.25, -0.2) is 13.1 Å². The largest absolute Gasteiger partial charge is 0.390 e. The Morgan fingerprint density at radius 2 is 2.05 bits per heavy atom. The third-order valence-corrected chi connectivity index (χ3v) is 4.22. The standard InChI is InChI=1S/C11H17F3N2O3S/c1-3-16-6-10(4-9(16)7-17)20(18,19)15-8(2)5-11(12,13)14/h4,6,8,15,17H,3,5,7H2,1-2H3. The predicted molar refractivity (Wildman–Crippen MR) is 66.5 cm³/mol. The zero-order valence-corrected chi connectivity index (χ0v) is 11.9. The van der Waals surface area contributed by atoms with E-state index in [-0.39, 0.29) is 11.5 Å². The average molecular weight is 314 g/mol. The number of aromatic nitrogens is 1. The number of alkyl halides is 3. The minimum atomic E-state index is -4.44. The molecule has 1 atom stereocenters. The Hall–Kier alpha value is -1.06. The van der Waals surface area contributed by atoms with Gasteiger partial charge in [-0.05, 0) is 19.9 Å². The molecule has 9 heteroatoms. The number of halogens is 3. The molecule has 0 saturated carbocycles. The minimum absolute atomic E-state index is 0.155. The molecule has 0 radical (unpaired) electrons. The normalized spacial score (nSPS) is 14.5. The summed E-state index contributed by atoms with van der Waals surface area (Å²) in [5.74, 6) is 0. The summed E-state index contributed by atoms with van der Waals surface area (Å²) in [5.41, 5.74) is 0.386. The van der Waals surface area contributed by atoms with Crippen LogP contribution in [0.1, 0.15) is 26.0 Å². The van der Waals surface area contributed by atoms with Crippen LogP contribution in [0.15, 0.2) is 17.2 Å². The van der Waals surface area contributed by atoms with Crippen LogP contribution < -0.4 is 4.72 Å². The smallest absolute Gasteiger partial charge is 0.390 e. The Morgan fingerprint density at radius 3 is 2.45 bits per heavy atom. The van der Waals surface area contributed by atoms with E-state index < -0.39 is 28.7 Å². The van der Waals surface area contributed by atoms with Crippen LogP contribution in [-0.4, -0.2) is 30.3 Å². The molecule has 0 aliphatic carbocycles. The number of sulfonamides is 1. The van der Waals surface area contributed by atoms with E-state index in [9.17, 15) is 21.6 Å². The van der Waals surface area contributed by atoms with E-state index in [0.717, 1.165) is 6.92 Å². The molecular formula is C11H17F3N2O3S. The van der Waals surface area contributed by atoms with Crippen molar-refractivity contribution >= 4 is 10.0 Å². The van der Waals surface area contributed by atoms with E-state index in [4.69, 9.17) is 5.11 Å². The maximum atomic E-state index is 12.2. The summed E-state index contributed by atoms with van der Waals surface area (Å²) in [6, 6.07) is -0.0193. The lowest BCUT2D eigenvalue weighted by molar-refractivity contribution is -0.137. The lowest BCUT2D eigenvalue weighted by Gasteiger charge is -2.15. The highest BCUT2D eigenvalue weighted by Crippen LogP contribution is 2.22. The molecule has 1 heterocycles. The van der Waals surface area contributed by atoms with E-state index >= 15 is 0 Å². The maximum absolute atomic E-state index is 12.2. The summed E-state index contributed by atoms with van der Waals surface area (Å²) >= 11 is 0. The Kier molecular flexibility index (Phi) is 5.22. The van der Waals surface area contributed by atoms with Crippen LogP contribution in [0.3, 0.4) is 0 Å². The number of hydrogen-bond donors (Lipinski definition) is 2.